The topological polar surface area (TPSA) is 34.1 Å². The second-order valence-electron chi connectivity index (χ2n) is 5.23. The van der Waals surface area contributed by atoms with Gasteiger partial charge in [-0.3, -0.25) is 0 Å². The van der Waals surface area contributed by atoms with E-state index in [0.717, 1.165) is 30.2 Å². The van der Waals surface area contributed by atoms with Crippen molar-refractivity contribution in [2.45, 2.75) is 32.8 Å². The Hall–Kier alpha value is -1.74. The lowest BCUT2D eigenvalue weighted by molar-refractivity contribution is 0.301. The molecule has 2 aromatic rings. The van der Waals surface area contributed by atoms with Gasteiger partial charge in [0.25, 0.3) is 0 Å². The standard InChI is InChI=1S/C17H19ClN2O/c1-2-19-17-9-8-15(18)16(20-17)11-21-14-7-6-12-4-3-5-13(12)10-14/h6-10H,2-5,11H2,1H3,(H,19,20). The van der Waals surface area contributed by atoms with E-state index in [1.54, 1.807) is 0 Å². The van der Waals surface area contributed by atoms with Gasteiger partial charge in [0.15, 0.2) is 0 Å². The van der Waals surface area contributed by atoms with Crippen molar-refractivity contribution < 1.29 is 4.74 Å². The second-order valence-corrected chi connectivity index (χ2v) is 5.64. The van der Waals surface area contributed by atoms with Gasteiger partial charge >= 0.3 is 0 Å². The zero-order valence-electron chi connectivity index (χ0n) is 12.2. The summed E-state index contributed by atoms with van der Waals surface area (Å²) in [6.45, 7) is 3.26. The lowest BCUT2D eigenvalue weighted by Gasteiger charge is -2.10. The number of fused-ring (bicyclic) bond motifs is 1. The summed E-state index contributed by atoms with van der Waals surface area (Å²) in [4.78, 5) is 4.48. The van der Waals surface area contributed by atoms with Crippen molar-refractivity contribution in [2.24, 2.45) is 0 Å². The third kappa shape index (κ3) is 3.30. The highest BCUT2D eigenvalue weighted by Crippen LogP contribution is 2.27. The van der Waals surface area contributed by atoms with Gasteiger partial charge < -0.3 is 10.1 Å². The van der Waals surface area contributed by atoms with Crippen molar-refractivity contribution in [3.8, 4) is 5.75 Å². The number of halogens is 1. The molecule has 0 saturated carbocycles. The molecule has 0 bridgehead atoms. The highest BCUT2D eigenvalue weighted by molar-refractivity contribution is 6.31. The Morgan fingerprint density at radius 3 is 2.90 bits per heavy atom. The highest BCUT2D eigenvalue weighted by atomic mass is 35.5. The van der Waals surface area contributed by atoms with Gasteiger partial charge in [0.05, 0.1) is 10.7 Å². The van der Waals surface area contributed by atoms with Crippen LogP contribution in [0, 0.1) is 0 Å². The minimum atomic E-state index is 0.386. The van der Waals surface area contributed by atoms with Gasteiger partial charge in [-0.05, 0) is 61.6 Å². The summed E-state index contributed by atoms with van der Waals surface area (Å²) in [5, 5.41) is 3.82. The molecule has 110 valence electrons. The molecule has 1 aliphatic rings. The summed E-state index contributed by atoms with van der Waals surface area (Å²) in [5.41, 5.74) is 3.62. The molecule has 4 heteroatoms. The summed E-state index contributed by atoms with van der Waals surface area (Å²) in [7, 11) is 0. The van der Waals surface area contributed by atoms with Crippen LogP contribution in [0.5, 0.6) is 5.75 Å². The molecular formula is C17H19ClN2O. The van der Waals surface area contributed by atoms with Crippen molar-refractivity contribution in [2.75, 3.05) is 11.9 Å². The largest absolute Gasteiger partial charge is 0.487 e. The van der Waals surface area contributed by atoms with Crippen LogP contribution in [-0.4, -0.2) is 11.5 Å². The zero-order chi connectivity index (χ0) is 14.7. The first-order chi connectivity index (χ1) is 10.3. The first kappa shape index (κ1) is 14.2. The maximum Gasteiger partial charge on any atom is 0.132 e. The molecule has 0 aliphatic heterocycles. The summed E-state index contributed by atoms with van der Waals surface area (Å²) in [6, 6.07) is 10.1. The minimum Gasteiger partial charge on any atom is -0.487 e. The quantitative estimate of drug-likeness (QED) is 0.897. The number of aromatic nitrogens is 1. The first-order valence-electron chi connectivity index (χ1n) is 7.40. The molecule has 1 heterocycles. The number of nitrogens with zero attached hydrogens (tertiary/aromatic N) is 1. The average molecular weight is 303 g/mol. The smallest absolute Gasteiger partial charge is 0.132 e. The first-order valence-corrected chi connectivity index (χ1v) is 7.78. The molecule has 3 nitrogen and oxygen atoms in total. The number of rotatable bonds is 5. The van der Waals surface area contributed by atoms with Gasteiger partial charge in [0.1, 0.15) is 18.2 Å². The molecule has 1 aliphatic carbocycles. The van der Waals surface area contributed by atoms with Gasteiger partial charge in [0.2, 0.25) is 0 Å². The molecule has 0 radical (unpaired) electrons. The van der Waals surface area contributed by atoms with Crippen LogP contribution in [0.3, 0.4) is 0 Å². The van der Waals surface area contributed by atoms with E-state index in [0.29, 0.717) is 11.6 Å². The van der Waals surface area contributed by atoms with Crippen molar-refractivity contribution in [1.82, 2.24) is 4.98 Å². The number of pyridine rings is 1. The van der Waals surface area contributed by atoms with Crippen LogP contribution in [-0.2, 0) is 19.4 Å². The molecule has 21 heavy (non-hydrogen) atoms. The monoisotopic (exact) mass is 302 g/mol. The number of benzene rings is 1. The Bertz CT molecular complexity index is 643. The predicted molar refractivity (Wildman–Crippen MR) is 86.2 cm³/mol. The predicted octanol–water partition coefficient (Wildman–Crippen LogP) is 4.23. The normalized spacial score (nSPS) is 13.0. The van der Waals surface area contributed by atoms with Crippen LogP contribution >= 0.6 is 11.6 Å². The van der Waals surface area contributed by atoms with E-state index in [4.69, 9.17) is 16.3 Å². The van der Waals surface area contributed by atoms with E-state index in [1.807, 2.05) is 25.1 Å². The average Bonchev–Trinajstić information content (AvgIpc) is 2.95. The lowest BCUT2D eigenvalue weighted by atomic mass is 10.1. The number of anilines is 1. The van der Waals surface area contributed by atoms with Crippen molar-refractivity contribution in [3.05, 3.63) is 52.2 Å². The summed E-state index contributed by atoms with van der Waals surface area (Å²) < 4.78 is 5.86. The fourth-order valence-corrected chi connectivity index (χ4v) is 2.81. The molecule has 1 aromatic carbocycles. The van der Waals surface area contributed by atoms with Gasteiger partial charge in [-0.2, -0.15) is 0 Å². The van der Waals surface area contributed by atoms with Crippen molar-refractivity contribution in [1.29, 1.82) is 0 Å². The summed E-state index contributed by atoms with van der Waals surface area (Å²) >= 11 is 6.19. The zero-order valence-corrected chi connectivity index (χ0v) is 12.9. The molecule has 1 N–H and O–H groups in total. The summed E-state index contributed by atoms with van der Waals surface area (Å²) in [5.74, 6) is 1.72. The molecule has 0 spiro atoms. The lowest BCUT2D eigenvalue weighted by Crippen LogP contribution is -2.04. The Balaban J connectivity index is 1.71. The maximum atomic E-state index is 6.19. The van der Waals surface area contributed by atoms with Gasteiger partial charge in [-0.1, -0.05) is 17.7 Å². The van der Waals surface area contributed by atoms with Crippen LogP contribution in [0.25, 0.3) is 0 Å². The van der Waals surface area contributed by atoms with Crippen LogP contribution in [0.1, 0.15) is 30.2 Å². The van der Waals surface area contributed by atoms with Crippen LogP contribution in [0.15, 0.2) is 30.3 Å². The fraction of sp³-hybridized carbons (Fsp3) is 0.353. The number of hydrogen-bond acceptors (Lipinski definition) is 3. The van der Waals surface area contributed by atoms with Gasteiger partial charge in [-0.15, -0.1) is 0 Å². The molecular weight excluding hydrogens is 284 g/mol. The van der Waals surface area contributed by atoms with Gasteiger partial charge in [0, 0.05) is 6.54 Å². The highest BCUT2D eigenvalue weighted by Gasteiger charge is 2.12. The van der Waals surface area contributed by atoms with Crippen LogP contribution in [0.4, 0.5) is 5.82 Å². The number of nitrogens with one attached hydrogen (secondary N) is 1. The minimum absolute atomic E-state index is 0.386. The Kier molecular flexibility index (Phi) is 4.30. The molecule has 0 atom stereocenters. The van der Waals surface area contributed by atoms with E-state index in [-0.39, 0.29) is 0 Å². The SMILES string of the molecule is CCNc1ccc(Cl)c(COc2ccc3c(c2)CCC3)n1. The van der Waals surface area contributed by atoms with Crippen molar-refractivity contribution in [3.63, 3.8) is 0 Å². The third-order valence-electron chi connectivity index (χ3n) is 3.72. The van der Waals surface area contributed by atoms with E-state index in [9.17, 15) is 0 Å². The molecule has 0 amide bonds. The Labute approximate surface area is 130 Å². The van der Waals surface area contributed by atoms with E-state index in [1.165, 1.54) is 24.0 Å². The molecule has 0 unspecified atom stereocenters. The van der Waals surface area contributed by atoms with Crippen LogP contribution < -0.4 is 10.1 Å². The van der Waals surface area contributed by atoms with Gasteiger partial charge in [-0.25, -0.2) is 4.98 Å². The number of hydrogen-bond donors (Lipinski definition) is 1. The summed E-state index contributed by atoms with van der Waals surface area (Å²) in [6.07, 6.45) is 3.59. The maximum absolute atomic E-state index is 6.19. The molecule has 3 rings (SSSR count). The van der Waals surface area contributed by atoms with Crippen LogP contribution in [0.2, 0.25) is 5.02 Å². The number of ether oxygens (including phenoxy) is 1. The third-order valence-corrected chi connectivity index (χ3v) is 4.07. The fourth-order valence-electron chi connectivity index (χ4n) is 2.65. The van der Waals surface area contributed by atoms with Crippen molar-refractivity contribution >= 4 is 17.4 Å². The molecule has 1 aromatic heterocycles. The number of aryl methyl sites for hydroxylation is 2. The molecule has 0 saturated heterocycles. The second kappa shape index (κ2) is 6.35. The van der Waals surface area contributed by atoms with E-state index >= 15 is 0 Å². The Morgan fingerprint density at radius 1 is 1.19 bits per heavy atom. The Morgan fingerprint density at radius 2 is 2.05 bits per heavy atom. The molecule has 0 fully saturated rings. The van der Waals surface area contributed by atoms with E-state index in [2.05, 4.69) is 22.4 Å². The van der Waals surface area contributed by atoms with E-state index < -0.39 is 0 Å².